The van der Waals surface area contributed by atoms with Crippen LogP contribution in [0.5, 0.6) is 0 Å². The lowest BCUT2D eigenvalue weighted by Crippen LogP contribution is -2.57. The van der Waals surface area contributed by atoms with Gasteiger partial charge < -0.3 is 19.3 Å². The Labute approximate surface area is 220 Å². The molecule has 7 nitrogen and oxygen atoms in total. The molecule has 0 spiro atoms. The average molecular weight is 515 g/mol. The summed E-state index contributed by atoms with van der Waals surface area (Å²) in [6.07, 6.45) is 5.06. The van der Waals surface area contributed by atoms with Gasteiger partial charge in [-0.2, -0.15) is 0 Å². The number of Topliss-reactive ketones (excluding diaryl/α,β-unsaturated/α-hetero) is 1. The van der Waals surface area contributed by atoms with Crippen LogP contribution >= 0.6 is 0 Å². The van der Waals surface area contributed by atoms with E-state index in [1.54, 1.807) is 13.8 Å². The zero-order chi connectivity index (χ0) is 27.4. The van der Waals surface area contributed by atoms with Gasteiger partial charge in [0.2, 0.25) is 5.78 Å². The third kappa shape index (κ3) is 4.85. The second-order valence-corrected chi connectivity index (χ2v) is 12.4. The smallest absolute Gasteiger partial charge is 0.302 e. The van der Waals surface area contributed by atoms with Crippen LogP contribution in [-0.2, 0) is 28.6 Å². The molecule has 1 unspecified atom stereocenters. The first-order chi connectivity index (χ1) is 17.2. The van der Waals surface area contributed by atoms with Gasteiger partial charge in [0.25, 0.3) is 0 Å². The molecule has 4 rings (SSSR count). The van der Waals surface area contributed by atoms with E-state index in [2.05, 4.69) is 13.8 Å². The zero-order valence-corrected chi connectivity index (χ0v) is 23.4. The lowest BCUT2D eigenvalue weighted by atomic mass is 9.60. The highest BCUT2D eigenvalue weighted by Crippen LogP contribution is 2.55. The first-order valence-corrected chi connectivity index (χ1v) is 13.7. The van der Waals surface area contributed by atoms with Gasteiger partial charge in [-0.1, -0.05) is 41.0 Å². The third-order valence-electron chi connectivity index (χ3n) is 9.12. The molecule has 0 aromatic carbocycles. The van der Waals surface area contributed by atoms with Gasteiger partial charge in [-0.3, -0.25) is 14.4 Å². The molecule has 7 heteroatoms. The fourth-order valence-electron chi connectivity index (χ4n) is 6.53. The van der Waals surface area contributed by atoms with Crippen LogP contribution in [-0.4, -0.2) is 52.7 Å². The molecule has 2 aliphatic heterocycles. The number of hydrogen-bond donors (Lipinski definition) is 1. The molecule has 204 valence electrons. The van der Waals surface area contributed by atoms with Gasteiger partial charge in [-0.05, 0) is 62.7 Å². The number of allylic oxidation sites excluding steroid dienone is 4. The standard InChI is InChI=1S/C30H42O7/c1-9-15(2)26(35-18(5)31)17(4)19-14-22(32)20-13-21-27(37-28(20)25(19)33)16(3)12-24-30(21,8)11-10-23(36-24)29(6,7)34/h13-17,23-24,26-27,34H,9-12H2,1-8H3/t15-,16-,17-,23+,24+,26+,27?,30+/m0/s1. The van der Waals surface area contributed by atoms with Gasteiger partial charge in [0.05, 0.1) is 23.4 Å². The first kappa shape index (κ1) is 27.8. The summed E-state index contributed by atoms with van der Waals surface area (Å²) in [5, 5.41) is 10.6. The van der Waals surface area contributed by atoms with Crippen molar-refractivity contribution in [3.8, 4) is 0 Å². The predicted molar refractivity (Wildman–Crippen MR) is 138 cm³/mol. The monoisotopic (exact) mass is 514 g/mol. The Morgan fingerprint density at radius 1 is 1.27 bits per heavy atom. The molecule has 0 bridgehead atoms. The van der Waals surface area contributed by atoms with Crippen molar-refractivity contribution >= 4 is 17.5 Å². The molecule has 37 heavy (non-hydrogen) atoms. The molecular weight excluding hydrogens is 472 g/mol. The lowest BCUT2D eigenvalue weighted by molar-refractivity contribution is -0.195. The number of ether oxygens (including phenoxy) is 3. The largest absolute Gasteiger partial charge is 0.481 e. The topological polar surface area (TPSA) is 99.1 Å². The molecule has 4 aliphatic rings. The summed E-state index contributed by atoms with van der Waals surface area (Å²) in [5.74, 6) is -1.25. The van der Waals surface area contributed by atoms with Crippen molar-refractivity contribution in [3.05, 3.63) is 34.6 Å². The minimum absolute atomic E-state index is 0.0196. The van der Waals surface area contributed by atoms with E-state index in [9.17, 15) is 19.5 Å². The van der Waals surface area contributed by atoms with Crippen molar-refractivity contribution in [1.29, 1.82) is 0 Å². The van der Waals surface area contributed by atoms with Crippen LogP contribution in [0.1, 0.15) is 81.1 Å². The quantitative estimate of drug-likeness (QED) is 0.408. The van der Waals surface area contributed by atoms with E-state index in [4.69, 9.17) is 14.2 Å². The van der Waals surface area contributed by atoms with Crippen molar-refractivity contribution in [2.24, 2.45) is 23.2 Å². The van der Waals surface area contributed by atoms with Crippen LogP contribution in [0.15, 0.2) is 34.6 Å². The molecule has 8 atom stereocenters. The van der Waals surface area contributed by atoms with Crippen molar-refractivity contribution in [3.63, 3.8) is 0 Å². The normalized spacial score (nSPS) is 34.2. The zero-order valence-electron chi connectivity index (χ0n) is 23.4. The molecule has 0 aromatic rings. The number of ketones is 2. The Morgan fingerprint density at radius 2 is 1.95 bits per heavy atom. The van der Waals surface area contributed by atoms with Crippen molar-refractivity contribution in [2.75, 3.05) is 0 Å². The molecule has 2 fully saturated rings. The number of aliphatic hydroxyl groups is 1. The van der Waals surface area contributed by atoms with Gasteiger partial charge in [0, 0.05) is 23.8 Å². The Morgan fingerprint density at radius 3 is 2.54 bits per heavy atom. The van der Waals surface area contributed by atoms with Gasteiger partial charge in [-0.15, -0.1) is 0 Å². The van der Waals surface area contributed by atoms with Crippen LogP contribution < -0.4 is 0 Å². The van der Waals surface area contributed by atoms with Crippen LogP contribution in [0.25, 0.3) is 0 Å². The second-order valence-electron chi connectivity index (χ2n) is 12.4. The Bertz CT molecular complexity index is 1070. The number of rotatable bonds is 6. The Hall–Kier alpha value is -2.25. The maximum Gasteiger partial charge on any atom is 0.302 e. The summed E-state index contributed by atoms with van der Waals surface area (Å²) in [6.45, 7) is 15.0. The van der Waals surface area contributed by atoms with Crippen molar-refractivity contribution < 1.29 is 33.7 Å². The van der Waals surface area contributed by atoms with E-state index in [1.807, 2.05) is 26.8 Å². The number of fused-ring (bicyclic) bond motifs is 3. The molecule has 0 aromatic heterocycles. The second kappa shape index (κ2) is 9.81. The third-order valence-corrected chi connectivity index (χ3v) is 9.12. The molecule has 2 aliphatic carbocycles. The number of esters is 1. The molecule has 0 amide bonds. The van der Waals surface area contributed by atoms with E-state index >= 15 is 0 Å². The van der Waals surface area contributed by atoms with E-state index < -0.39 is 23.6 Å². The molecule has 0 radical (unpaired) electrons. The fourth-order valence-corrected chi connectivity index (χ4v) is 6.53. The molecular formula is C30H42O7. The fraction of sp³-hybridized carbons (Fsp3) is 0.700. The summed E-state index contributed by atoms with van der Waals surface area (Å²) in [7, 11) is 0. The van der Waals surface area contributed by atoms with E-state index in [-0.39, 0.29) is 52.9 Å². The molecule has 2 heterocycles. The first-order valence-electron chi connectivity index (χ1n) is 13.7. The van der Waals surface area contributed by atoms with Crippen LogP contribution in [0.4, 0.5) is 0 Å². The van der Waals surface area contributed by atoms with Gasteiger partial charge >= 0.3 is 5.97 Å². The molecule has 1 saturated heterocycles. The van der Waals surface area contributed by atoms with Crippen LogP contribution in [0.3, 0.4) is 0 Å². The SMILES string of the molecule is CC[C@H](C)[C@@H](OC(C)=O)[C@@H](C)C1=CC(=O)C2=C(OC3C(=C2)[C@@]2(C)CC[C@H](C(C)(C)O)O[C@@H]2C[C@@H]3C)C1=O. The highest BCUT2D eigenvalue weighted by Gasteiger charge is 2.55. The maximum atomic E-state index is 13.7. The Kier molecular flexibility index (Phi) is 7.36. The Balaban J connectivity index is 1.67. The van der Waals surface area contributed by atoms with E-state index in [1.165, 1.54) is 13.0 Å². The highest BCUT2D eigenvalue weighted by molar-refractivity contribution is 6.23. The number of carbonyl (C=O) groups is 3. The summed E-state index contributed by atoms with van der Waals surface area (Å²) in [6, 6.07) is 0. The average Bonchev–Trinajstić information content (AvgIpc) is 2.83. The number of carbonyl (C=O) groups excluding carboxylic acids is 3. The van der Waals surface area contributed by atoms with Gasteiger partial charge in [-0.25, -0.2) is 0 Å². The summed E-state index contributed by atoms with van der Waals surface area (Å²) in [4.78, 5) is 38.9. The molecule has 1 saturated carbocycles. The predicted octanol–water partition coefficient (Wildman–Crippen LogP) is 4.62. The highest BCUT2D eigenvalue weighted by atomic mass is 16.5. The van der Waals surface area contributed by atoms with Crippen molar-refractivity contribution in [2.45, 2.75) is 111 Å². The summed E-state index contributed by atoms with van der Waals surface area (Å²) >= 11 is 0. The van der Waals surface area contributed by atoms with E-state index in [0.29, 0.717) is 17.6 Å². The molecule has 1 N–H and O–H groups in total. The van der Waals surface area contributed by atoms with E-state index in [0.717, 1.165) is 24.8 Å². The number of hydrogen-bond acceptors (Lipinski definition) is 7. The summed E-state index contributed by atoms with van der Waals surface area (Å²) in [5.41, 5.74) is 0.326. The minimum atomic E-state index is -0.933. The minimum Gasteiger partial charge on any atom is -0.481 e. The van der Waals surface area contributed by atoms with Gasteiger partial charge in [0.1, 0.15) is 12.2 Å². The summed E-state index contributed by atoms with van der Waals surface area (Å²) < 4.78 is 18.4. The van der Waals surface area contributed by atoms with Crippen LogP contribution in [0, 0.1) is 23.2 Å². The maximum absolute atomic E-state index is 13.7. The van der Waals surface area contributed by atoms with Crippen molar-refractivity contribution in [1.82, 2.24) is 0 Å². The van der Waals surface area contributed by atoms with Gasteiger partial charge in [0.15, 0.2) is 11.5 Å². The van der Waals surface area contributed by atoms with Crippen LogP contribution in [0.2, 0.25) is 0 Å². The lowest BCUT2D eigenvalue weighted by Gasteiger charge is -2.55.